The highest BCUT2D eigenvalue weighted by atomic mass is 32.1. The number of fused-ring (bicyclic) bond motifs is 1. The van der Waals surface area contributed by atoms with Gasteiger partial charge in [-0.25, -0.2) is 9.78 Å². The number of nitrogens with one attached hydrogen (secondary N) is 2. The number of ether oxygens (including phenoxy) is 1. The number of carbonyl (C=O) groups is 2. The number of carbonyl (C=O) groups excluding carboxylic acids is 2. The Morgan fingerprint density at radius 3 is 2.88 bits per heavy atom. The second-order valence-electron chi connectivity index (χ2n) is 5.83. The van der Waals surface area contributed by atoms with E-state index in [4.69, 9.17) is 0 Å². The number of aromatic nitrogens is 1. The zero-order valence-electron chi connectivity index (χ0n) is 14.2. The van der Waals surface area contributed by atoms with Crippen molar-refractivity contribution < 1.29 is 14.3 Å². The number of aryl methyl sites for hydroxylation is 1. The maximum absolute atomic E-state index is 12.3. The van der Waals surface area contributed by atoms with Gasteiger partial charge in [-0.05, 0) is 18.6 Å². The van der Waals surface area contributed by atoms with Gasteiger partial charge < -0.3 is 10.1 Å². The second-order valence-corrected chi connectivity index (χ2v) is 6.91. The smallest absolute Gasteiger partial charge is 0.413 e. The van der Waals surface area contributed by atoms with Crippen molar-refractivity contribution in [1.82, 2.24) is 9.88 Å². The first-order chi connectivity index (χ1) is 12.0. The van der Waals surface area contributed by atoms with Crippen molar-refractivity contribution in [3.63, 3.8) is 0 Å². The molecule has 0 radical (unpaired) electrons. The van der Waals surface area contributed by atoms with Gasteiger partial charge in [0.15, 0.2) is 5.13 Å². The van der Waals surface area contributed by atoms with E-state index in [1.165, 1.54) is 18.4 Å². The van der Waals surface area contributed by atoms with Gasteiger partial charge in [-0.1, -0.05) is 29.5 Å². The lowest BCUT2D eigenvalue weighted by atomic mass is 10.1. The molecule has 2 heterocycles. The van der Waals surface area contributed by atoms with E-state index < -0.39 is 6.09 Å². The van der Waals surface area contributed by atoms with Crippen LogP contribution in [-0.2, 0) is 22.5 Å². The minimum absolute atomic E-state index is 0.0322. The minimum Gasteiger partial charge on any atom is -0.453 e. The number of thiazole rings is 1. The molecule has 2 amide bonds. The molecule has 0 spiro atoms. The molecule has 0 aliphatic carbocycles. The summed E-state index contributed by atoms with van der Waals surface area (Å²) in [6.45, 7) is 3.70. The number of para-hydroxylation sites is 1. The lowest BCUT2D eigenvalue weighted by molar-refractivity contribution is -0.117. The van der Waals surface area contributed by atoms with Crippen molar-refractivity contribution >= 4 is 34.2 Å². The molecule has 25 heavy (non-hydrogen) atoms. The van der Waals surface area contributed by atoms with Gasteiger partial charge in [-0.3, -0.25) is 15.0 Å². The monoisotopic (exact) mass is 360 g/mol. The van der Waals surface area contributed by atoms with Crippen LogP contribution in [0.1, 0.15) is 16.1 Å². The fraction of sp³-hybridized carbons (Fsp3) is 0.353. The Labute approximate surface area is 150 Å². The summed E-state index contributed by atoms with van der Waals surface area (Å²) in [6, 6.07) is 7.72. The van der Waals surface area contributed by atoms with Crippen LogP contribution in [0.3, 0.4) is 0 Å². The third kappa shape index (κ3) is 4.34. The molecule has 8 heteroatoms. The van der Waals surface area contributed by atoms with E-state index in [0.29, 0.717) is 18.2 Å². The summed E-state index contributed by atoms with van der Waals surface area (Å²) in [5.74, 6) is -0.0322. The first-order valence-corrected chi connectivity index (χ1v) is 8.78. The van der Waals surface area contributed by atoms with E-state index in [9.17, 15) is 9.59 Å². The van der Waals surface area contributed by atoms with Crippen molar-refractivity contribution in [3.8, 4) is 0 Å². The Morgan fingerprint density at radius 2 is 2.12 bits per heavy atom. The second kappa shape index (κ2) is 7.62. The predicted molar refractivity (Wildman–Crippen MR) is 96.9 cm³/mol. The fourth-order valence-corrected chi connectivity index (χ4v) is 3.72. The summed E-state index contributed by atoms with van der Waals surface area (Å²) in [6.07, 6.45) is 0.229. The lowest BCUT2D eigenvalue weighted by Gasteiger charge is -2.25. The van der Waals surface area contributed by atoms with Gasteiger partial charge in [0.05, 0.1) is 19.3 Å². The first kappa shape index (κ1) is 17.4. The molecule has 1 aliphatic rings. The first-order valence-electron chi connectivity index (χ1n) is 7.96. The number of methoxy groups -OCH3 is 1. The third-order valence-electron chi connectivity index (χ3n) is 3.99. The molecule has 0 saturated heterocycles. The molecule has 3 rings (SSSR count). The molecular formula is C17H20N4O3S. The van der Waals surface area contributed by atoms with Crippen LogP contribution in [0.25, 0.3) is 0 Å². The van der Waals surface area contributed by atoms with Crippen LogP contribution in [-0.4, -0.2) is 42.1 Å². The Morgan fingerprint density at radius 1 is 1.32 bits per heavy atom. The molecule has 2 N–H and O–H groups in total. The summed E-state index contributed by atoms with van der Waals surface area (Å²) >= 11 is 1.42. The molecule has 1 aliphatic heterocycles. The van der Waals surface area contributed by atoms with Gasteiger partial charge in [0, 0.05) is 30.1 Å². The number of hydrogen-bond donors (Lipinski definition) is 2. The largest absolute Gasteiger partial charge is 0.453 e. The number of benzene rings is 1. The van der Waals surface area contributed by atoms with E-state index >= 15 is 0 Å². The van der Waals surface area contributed by atoms with Gasteiger partial charge in [-0.2, -0.15) is 0 Å². The molecule has 7 nitrogen and oxygen atoms in total. The van der Waals surface area contributed by atoms with Gasteiger partial charge >= 0.3 is 6.09 Å². The molecule has 1 aromatic heterocycles. The van der Waals surface area contributed by atoms with Gasteiger partial charge in [0.25, 0.3) is 0 Å². The highest BCUT2D eigenvalue weighted by molar-refractivity contribution is 7.15. The maximum Gasteiger partial charge on any atom is 0.413 e. The van der Waals surface area contributed by atoms with Crippen molar-refractivity contribution in [2.45, 2.75) is 19.9 Å². The van der Waals surface area contributed by atoms with E-state index in [1.54, 1.807) is 0 Å². The summed E-state index contributed by atoms with van der Waals surface area (Å²) in [7, 11) is 1.32. The average Bonchev–Trinajstić information content (AvgIpc) is 2.98. The van der Waals surface area contributed by atoms with Crippen LogP contribution >= 0.6 is 11.3 Å². The van der Waals surface area contributed by atoms with E-state index in [0.717, 1.165) is 34.8 Å². The quantitative estimate of drug-likeness (QED) is 0.876. The van der Waals surface area contributed by atoms with Crippen molar-refractivity contribution in [3.05, 3.63) is 40.4 Å². The fourth-order valence-electron chi connectivity index (χ4n) is 2.68. The molecular weight excluding hydrogens is 340 g/mol. The number of rotatable bonds is 4. The summed E-state index contributed by atoms with van der Waals surface area (Å²) in [5, 5.41) is 6.08. The molecule has 1 aromatic carbocycles. The predicted octanol–water partition coefficient (Wildman–Crippen LogP) is 2.63. The number of hydrogen-bond acceptors (Lipinski definition) is 6. The third-order valence-corrected chi connectivity index (χ3v) is 4.99. The van der Waals surface area contributed by atoms with Crippen molar-refractivity contribution in [2.24, 2.45) is 0 Å². The van der Waals surface area contributed by atoms with Gasteiger partial charge in [0.2, 0.25) is 5.91 Å². The molecule has 132 valence electrons. The van der Waals surface area contributed by atoms with Crippen LogP contribution in [0.5, 0.6) is 0 Å². The zero-order valence-corrected chi connectivity index (χ0v) is 15.0. The Hall–Kier alpha value is -2.45. The Kier molecular flexibility index (Phi) is 5.30. The standard InChI is InChI=1S/C17H20N4O3S/c1-11-5-3-4-6-12(11)18-15(22)10-21-8-7-13-14(9-21)25-16(19-13)20-17(23)24-2/h3-6H,7-10H2,1-2H3,(H,18,22)(H,19,20,23). The highest BCUT2D eigenvalue weighted by Gasteiger charge is 2.23. The minimum atomic E-state index is -0.527. The number of nitrogens with zero attached hydrogens (tertiary/aromatic N) is 2. The molecule has 0 atom stereocenters. The Balaban J connectivity index is 1.58. The SMILES string of the molecule is COC(=O)Nc1nc2c(s1)CN(CC(=O)Nc1ccccc1C)CC2. The average molecular weight is 360 g/mol. The molecule has 2 aromatic rings. The van der Waals surface area contributed by atoms with E-state index in [1.807, 2.05) is 31.2 Å². The summed E-state index contributed by atoms with van der Waals surface area (Å²) < 4.78 is 4.58. The van der Waals surface area contributed by atoms with Crippen LogP contribution in [0.2, 0.25) is 0 Å². The zero-order chi connectivity index (χ0) is 17.8. The number of amides is 2. The van der Waals surface area contributed by atoms with Crippen LogP contribution in [0, 0.1) is 6.92 Å². The van der Waals surface area contributed by atoms with Gasteiger partial charge in [-0.15, -0.1) is 0 Å². The van der Waals surface area contributed by atoms with Crippen LogP contribution in [0.4, 0.5) is 15.6 Å². The van der Waals surface area contributed by atoms with E-state index in [-0.39, 0.29) is 5.91 Å². The maximum atomic E-state index is 12.3. The topological polar surface area (TPSA) is 83.6 Å². The normalized spacial score (nSPS) is 13.8. The van der Waals surface area contributed by atoms with Crippen LogP contribution < -0.4 is 10.6 Å². The van der Waals surface area contributed by atoms with E-state index in [2.05, 4.69) is 25.3 Å². The molecule has 0 unspecified atom stereocenters. The highest BCUT2D eigenvalue weighted by Crippen LogP contribution is 2.28. The lowest BCUT2D eigenvalue weighted by Crippen LogP contribution is -2.36. The van der Waals surface area contributed by atoms with Crippen molar-refractivity contribution in [2.75, 3.05) is 30.8 Å². The van der Waals surface area contributed by atoms with Crippen LogP contribution in [0.15, 0.2) is 24.3 Å². The molecule has 0 saturated carbocycles. The Bertz CT molecular complexity index is 790. The van der Waals surface area contributed by atoms with Gasteiger partial charge in [0.1, 0.15) is 0 Å². The number of anilines is 2. The molecule has 0 bridgehead atoms. The summed E-state index contributed by atoms with van der Waals surface area (Å²) in [4.78, 5) is 31.1. The van der Waals surface area contributed by atoms with Crippen molar-refractivity contribution in [1.29, 1.82) is 0 Å². The summed E-state index contributed by atoms with van der Waals surface area (Å²) in [5.41, 5.74) is 2.86. The molecule has 0 fully saturated rings.